The number of carbonyl (C=O) groups excluding carboxylic acids is 1. The van der Waals surface area contributed by atoms with Crippen LogP contribution in [0.25, 0.3) is 0 Å². The van der Waals surface area contributed by atoms with Crippen LogP contribution >= 0.6 is 0 Å². The molecule has 0 saturated carbocycles. The first-order valence-corrected chi connectivity index (χ1v) is 7.05. The highest BCUT2D eigenvalue weighted by Crippen LogP contribution is 2.09. The van der Waals surface area contributed by atoms with E-state index in [0.29, 0.717) is 45.9 Å². The molecular formula is C14H26N2O3. The maximum Gasteiger partial charge on any atom is 0.240 e. The average molecular weight is 270 g/mol. The molecule has 1 unspecified atom stereocenters. The first-order valence-electron chi connectivity index (χ1n) is 7.05. The number of amides is 1. The lowest BCUT2D eigenvalue weighted by Gasteiger charge is -2.24. The molecule has 110 valence electrons. The fraction of sp³-hybridized carbons (Fsp3) is 0.857. The van der Waals surface area contributed by atoms with Gasteiger partial charge < -0.3 is 14.4 Å². The minimum absolute atomic E-state index is 0.108. The minimum Gasteiger partial charge on any atom is -0.380 e. The zero-order chi connectivity index (χ0) is 14.5. The van der Waals surface area contributed by atoms with E-state index < -0.39 is 5.92 Å². The van der Waals surface area contributed by atoms with Gasteiger partial charge in [-0.15, -0.1) is 0 Å². The van der Waals surface area contributed by atoms with Gasteiger partial charge in [-0.05, 0) is 20.3 Å². The van der Waals surface area contributed by atoms with Crippen molar-refractivity contribution in [3.63, 3.8) is 0 Å². The van der Waals surface area contributed by atoms with Crippen molar-refractivity contribution < 1.29 is 14.3 Å². The van der Waals surface area contributed by atoms with Gasteiger partial charge in [-0.2, -0.15) is 5.26 Å². The minimum atomic E-state index is -0.548. The van der Waals surface area contributed by atoms with Crippen molar-refractivity contribution in [1.82, 2.24) is 4.90 Å². The highest BCUT2D eigenvalue weighted by atomic mass is 16.5. The Morgan fingerprint density at radius 3 is 2.05 bits per heavy atom. The van der Waals surface area contributed by atoms with E-state index in [1.165, 1.54) is 0 Å². The molecule has 0 fully saturated rings. The predicted molar refractivity (Wildman–Crippen MR) is 73.6 cm³/mol. The predicted octanol–water partition coefficient (Wildman–Crippen LogP) is 1.83. The van der Waals surface area contributed by atoms with E-state index in [9.17, 15) is 4.79 Å². The molecule has 0 rings (SSSR count). The molecule has 0 N–H and O–H groups in total. The number of rotatable bonds is 11. The van der Waals surface area contributed by atoms with Gasteiger partial charge in [0.2, 0.25) is 5.91 Å². The summed E-state index contributed by atoms with van der Waals surface area (Å²) < 4.78 is 10.6. The normalized spacial score (nSPS) is 11.9. The summed E-state index contributed by atoms with van der Waals surface area (Å²) in [7, 11) is 0. The molecule has 5 heteroatoms. The lowest BCUT2D eigenvalue weighted by atomic mass is 10.0. The first-order chi connectivity index (χ1) is 9.21. The topological polar surface area (TPSA) is 62.6 Å². The highest BCUT2D eigenvalue weighted by molar-refractivity contribution is 5.81. The maximum atomic E-state index is 12.2. The van der Waals surface area contributed by atoms with E-state index in [1.807, 2.05) is 20.8 Å². The molecule has 0 aliphatic heterocycles. The second-order valence-electron chi connectivity index (χ2n) is 4.19. The van der Waals surface area contributed by atoms with Gasteiger partial charge in [0.25, 0.3) is 0 Å². The first kappa shape index (κ1) is 17.9. The van der Waals surface area contributed by atoms with Crippen molar-refractivity contribution in [1.29, 1.82) is 5.26 Å². The molecule has 0 aliphatic rings. The number of hydrogen-bond donors (Lipinski definition) is 0. The third-order valence-electron chi connectivity index (χ3n) is 2.76. The molecule has 1 amide bonds. The molecule has 0 heterocycles. The molecule has 1 atom stereocenters. The SMILES string of the molecule is CCCC(C#N)C(=O)N(CCOCC)CCOCC. The molecule has 0 aromatic heterocycles. The third kappa shape index (κ3) is 7.81. The Morgan fingerprint density at radius 2 is 1.68 bits per heavy atom. The smallest absolute Gasteiger partial charge is 0.240 e. The molecule has 19 heavy (non-hydrogen) atoms. The third-order valence-corrected chi connectivity index (χ3v) is 2.76. The lowest BCUT2D eigenvalue weighted by Crippen LogP contribution is -2.40. The quantitative estimate of drug-likeness (QED) is 0.537. The van der Waals surface area contributed by atoms with Crippen molar-refractivity contribution in [2.45, 2.75) is 33.6 Å². The Balaban J connectivity index is 4.41. The number of hydrogen-bond acceptors (Lipinski definition) is 4. The van der Waals surface area contributed by atoms with Crippen LogP contribution < -0.4 is 0 Å². The van der Waals surface area contributed by atoms with Crippen molar-refractivity contribution >= 4 is 5.91 Å². The summed E-state index contributed by atoms with van der Waals surface area (Å²) in [5.41, 5.74) is 0. The molecule has 0 spiro atoms. The molecule has 0 aliphatic carbocycles. The van der Waals surface area contributed by atoms with Gasteiger partial charge in [0.1, 0.15) is 5.92 Å². The summed E-state index contributed by atoms with van der Waals surface area (Å²) in [6, 6.07) is 2.09. The van der Waals surface area contributed by atoms with Crippen LogP contribution in [0.2, 0.25) is 0 Å². The van der Waals surface area contributed by atoms with Crippen LogP contribution in [0.3, 0.4) is 0 Å². The Labute approximate surface area is 116 Å². The molecule has 0 radical (unpaired) electrons. The lowest BCUT2D eigenvalue weighted by molar-refractivity contribution is -0.135. The second kappa shape index (κ2) is 11.9. The fourth-order valence-electron chi connectivity index (χ4n) is 1.72. The number of carbonyl (C=O) groups is 1. The van der Waals surface area contributed by atoms with E-state index in [-0.39, 0.29) is 5.91 Å². The Hall–Kier alpha value is -1.12. The van der Waals surface area contributed by atoms with Gasteiger partial charge in [0.05, 0.1) is 19.3 Å². The average Bonchev–Trinajstić information content (AvgIpc) is 2.42. The van der Waals surface area contributed by atoms with Crippen LogP contribution in [0.4, 0.5) is 0 Å². The molecule has 0 aromatic rings. The van der Waals surface area contributed by atoms with Crippen LogP contribution in [-0.2, 0) is 14.3 Å². The van der Waals surface area contributed by atoms with Gasteiger partial charge in [-0.1, -0.05) is 13.3 Å². The van der Waals surface area contributed by atoms with E-state index in [1.54, 1.807) is 4.90 Å². The van der Waals surface area contributed by atoms with Gasteiger partial charge in [0, 0.05) is 26.3 Å². The summed E-state index contributed by atoms with van der Waals surface area (Å²) in [6.07, 6.45) is 1.43. The van der Waals surface area contributed by atoms with E-state index in [4.69, 9.17) is 14.7 Å². The summed E-state index contributed by atoms with van der Waals surface area (Å²) in [6.45, 7) is 9.10. The largest absolute Gasteiger partial charge is 0.380 e. The van der Waals surface area contributed by atoms with Crippen molar-refractivity contribution in [2.24, 2.45) is 5.92 Å². The molecule has 0 bridgehead atoms. The van der Waals surface area contributed by atoms with Gasteiger partial charge >= 0.3 is 0 Å². The molecular weight excluding hydrogens is 244 g/mol. The fourth-order valence-corrected chi connectivity index (χ4v) is 1.72. The van der Waals surface area contributed by atoms with E-state index >= 15 is 0 Å². The van der Waals surface area contributed by atoms with Crippen LogP contribution in [0.5, 0.6) is 0 Å². The highest BCUT2D eigenvalue weighted by Gasteiger charge is 2.23. The van der Waals surface area contributed by atoms with Crippen LogP contribution in [0.15, 0.2) is 0 Å². The van der Waals surface area contributed by atoms with Crippen LogP contribution in [-0.4, -0.2) is 50.3 Å². The van der Waals surface area contributed by atoms with Crippen molar-refractivity contribution in [3.8, 4) is 6.07 Å². The van der Waals surface area contributed by atoms with Crippen molar-refractivity contribution in [2.75, 3.05) is 39.5 Å². The van der Waals surface area contributed by atoms with Crippen LogP contribution in [0.1, 0.15) is 33.6 Å². The summed E-state index contributed by atoms with van der Waals surface area (Å²) >= 11 is 0. The number of nitriles is 1. The van der Waals surface area contributed by atoms with Crippen LogP contribution in [0, 0.1) is 17.2 Å². The molecule has 5 nitrogen and oxygen atoms in total. The Kier molecular flexibility index (Phi) is 11.2. The summed E-state index contributed by atoms with van der Waals surface area (Å²) in [5, 5.41) is 9.06. The monoisotopic (exact) mass is 270 g/mol. The molecule has 0 aromatic carbocycles. The zero-order valence-corrected chi connectivity index (χ0v) is 12.4. The van der Waals surface area contributed by atoms with Gasteiger partial charge in [-0.3, -0.25) is 4.79 Å². The summed E-state index contributed by atoms with van der Waals surface area (Å²) in [4.78, 5) is 13.9. The maximum absolute atomic E-state index is 12.2. The zero-order valence-electron chi connectivity index (χ0n) is 12.4. The Morgan fingerprint density at radius 1 is 1.16 bits per heavy atom. The van der Waals surface area contributed by atoms with Gasteiger partial charge in [-0.25, -0.2) is 0 Å². The summed E-state index contributed by atoms with van der Waals surface area (Å²) in [5.74, 6) is -0.656. The standard InChI is InChI=1S/C14H26N2O3/c1-4-7-13(12-15)14(17)16(8-10-18-5-2)9-11-19-6-3/h13H,4-11H2,1-3H3. The second-order valence-corrected chi connectivity index (χ2v) is 4.19. The van der Waals surface area contributed by atoms with E-state index in [2.05, 4.69) is 6.07 Å². The number of ether oxygens (including phenoxy) is 2. The molecule has 0 saturated heterocycles. The number of nitrogens with zero attached hydrogens (tertiary/aromatic N) is 2. The van der Waals surface area contributed by atoms with Crippen molar-refractivity contribution in [3.05, 3.63) is 0 Å². The Bertz CT molecular complexity index is 266. The van der Waals surface area contributed by atoms with E-state index in [0.717, 1.165) is 6.42 Å². The van der Waals surface area contributed by atoms with Gasteiger partial charge in [0.15, 0.2) is 0 Å².